The number of halogens is 2. The highest BCUT2D eigenvalue weighted by atomic mass is 35.5. The summed E-state index contributed by atoms with van der Waals surface area (Å²) in [4.78, 5) is 42.9. The molecule has 1 spiro atoms. The molecule has 2 aromatic carbocycles. The molecule has 2 aromatic rings. The number of rotatable bonds is 5. The van der Waals surface area contributed by atoms with Gasteiger partial charge in [0, 0.05) is 48.1 Å². The van der Waals surface area contributed by atoms with Gasteiger partial charge in [0.2, 0.25) is 5.91 Å². The molecule has 35 heavy (non-hydrogen) atoms. The van der Waals surface area contributed by atoms with Crippen LogP contribution in [0.4, 0.5) is 4.39 Å². The molecule has 2 atom stereocenters. The van der Waals surface area contributed by atoms with E-state index in [1.54, 1.807) is 29.2 Å². The van der Waals surface area contributed by atoms with Crippen molar-refractivity contribution in [3.05, 3.63) is 70.5 Å². The number of nitrogens with one attached hydrogen (secondary N) is 1. The van der Waals surface area contributed by atoms with Gasteiger partial charge in [0.05, 0.1) is 6.61 Å². The third-order valence-electron chi connectivity index (χ3n) is 6.78. The zero-order chi connectivity index (χ0) is 25.2. The molecule has 1 N–H and O–H groups in total. The van der Waals surface area contributed by atoms with Crippen molar-refractivity contribution in [3.63, 3.8) is 0 Å². The van der Waals surface area contributed by atoms with Crippen molar-refractivity contribution < 1.29 is 23.5 Å². The minimum atomic E-state index is -1.03. The second-order valence-corrected chi connectivity index (χ2v) is 9.51. The molecule has 0 aromatic heterocycles. The number of ether oxygens (including phenoxy) is 1. The second kappa shape index (κ2) is 10.3. The van der Waals surface area contributed by atoms with Gasteiger partial charge in [-0.2, -0.15) is 0 Å². The van der Waals surface area contributed by atoms with E-state index in [0.29, 0.717) is 36.5 Å². The maximum atomic E-state index is 13.6. The molecule has 3 amide bonds. The van der Waals surface area contributed by atoms with Crippen LogP contribution in [0.25, 0.3) is 0 Å². The Labute approximate surface area is 209 Å². The number of piperidine rings is 1. The Morgan fingerprint density at radius 3 is 2.43 bits per heavy atom. The summed E-state index contributed by atoms with van der Waals surface area (Å²) in [5.41, 5.74) is -0.269. The van der Waals surface area contributed by atoms with Gasteiger partial charge in [-0.15, -0.1) is 0 Å². The largest absolute Gasteiger partial charge is 0.353 e. The molecule has 2 aliphatic rings. The van der Waals surface area contributed by atoms with Crippen LogP contribution in [-0.2, 0) is 9.53 Å². The molecular formula is C26H29ClFN3O4. The predicted molar refractivity (Wildman–Crippen MR) is 130 cm³/mol. The topological polar surface area (TPSA) is 79.0 Å². The first-order chi connectivity index (χ1) is 16.7. The minimum absolute atomic E-state index is 0.0530. The summed E-state index contributed by atoms with van der Waals surface area (Å²) in [5, 5.41) is 3.42. The van der Waals surface area contributed by atoms with Gasteiger partial charge in [-0.25, -0.2) is 4.39 Å². The van der Waals surface area contributed by atoms with Crippen LogP contribution in [0.1, 0.15) is 53.8 Å². The van der Waals surface area contributed by atoms with Crippen LogP contribution in [0.2, 0.25) is 5.02 Å². The van der Waals surface area contributed by atoms with Gasteiger partial charge < -0.3 is 15.0 Å². The third-order valence-corrected chi connectivity index (χ3v) is 7.01. The van der Waals surface area contributed by atoms with Gasteiger partial charge >= 0.3 is 0 Å². The number of nitrogens with zero attached hydrogens (tertiary/aromatic N) is 2. The van der Waals surface area contributed by atoms with E-state index >= 15 is 0 Å². The molecule has 2 saturated heterocycles. The molecule has 2 fully saturated rings. The Morgan fingerprint density at radius 1 is 1.11 bits per heavy atom. The van der Waals surface area contributed by atoms with Crippen molar-refractivity contribution in [2.45, 2.75) is 50.9 Å². The fourth-order valence-corrected chi connectivity index (χ4v) is 4.79. The van der Waals surface area contributed by atoms with Gasteiger partial charge in [0.25, 0.3) is 11.8 Å². The van der Waals surface area contributed by atoms with E-state index < -0.39 is 23.5 Å². The quantitative estimate of drug-likeness (QED) is 0.674. The Bertz CT molecular complexity index is 1100. The lowest BCUT2D eigenvalue weighted by molar-refractivity contribution is -0.128. The lowest BCUT2D eigenvalue weighted by atomic mass is 9.96. The van der Waals surface area contributed by atoms with Crippen molar-refractivity contribution in [2.24, 2.45) is 0 Å². The van der Waals surface area contributed by atoms with Crippen LogP contribution in [0.3, 0.4) is 0 Å². The lowest BCUT2D eigenvalue weighted by Gasteiger charge is -2.44. The second-order valence-electron chi connectivity index (χ2n) is 9.08. The summed E-state index contributed by atoms with van der Waals surface area (Å²) in [6, 6.07) is 11.1. The first-order valence-corrected chi connectivity index (χ1v) is 12.2. The van der Waals surface area contributed by atoms with Crippen LogP contribution in [-0.4, -0.2) is 65.0 Å². The monoisotopic (exact) mass is 501 g/mol. The van der Waals surface area contributed by atoms with Crippen LogP contribution < -0.4 is 5.32 Å². The van der Waals surface area contributed by atoms with E-state index in [2.05, 4.69) is 5.32 Å². The average molecular weight is 502 g/mol. The molecule has 2 heterocycles. The molecule has 186 valence electrons. The highest BCUT2D eigenvalue weighted by molar-refractivity contribution is 6.30. The van der Waals surface area contributed by atoms with Gasteiger partial charge in [0.1, 0.15) is 17.6 Å². The summed E-state index contributed by atoms with van der Waals surface area (Å²) in [7, 11) is 0. The minimum Gasteiger partial charge on any atom is -0.353 e. The van der Waals surface area contributed by atoms with E-state index in [1.807, 2.05) is 13.8 Å². The Morgan fingerprint density at radius 2 is 1.80 bits per heavy atom. The molecule has 0 aliphatic carbocycles. The molecule has 4 rings (SSSR count). The first-order valence-electron chi connectivity index (χ1n) is 11.8. The molecule has 2 unspecified atom stereocenters. The summed E-state index contributed by atoms with van der Waals surface area (Å²) >= 11 is 6.04. The van der Waals surface area contributed by atoms with E-state index in [4.69, 9.17) is 16.3 Å². The highest BCUT2D eigenvalue weighted by Gasteiger charge is 2.54. The Hall–Kier alpha value is -2.97. The third kappa shape index (κ3) is 5.18. The standard InChI is InChI=1S/C26H29ClFN3O4/c1-3-17(2)29-23(32)22-16-35-26(31(22)25(34)18-7-9-21(28)10-8-18)11-13-30(14-12-26)24(33)19-5-4-6-20(27)15-19/h4-10,15,17,22H,3,11-14,16H2,1-2H3,(H,29,32). The highest BCUT2D eigenvalue weighted by Crippen LogP contribution is 2.39. The van der Waals surface area contributed by atoms with Crippen LogP contribution in [0.15, 0.2) is 48.5 Å². The fraction of sp³-hybridized carbons (Fsp3) is 0.423. The van der Waals surface area contributed by atoms with Crippen LogP contribution in [0, 0.1) is 5.82 Å². The van der Waals surface area contributed by atoms with E-state index in [1.165, 1.54) is 29.2 Å². The van der Waals surface area contributed by atoms with Gasteiger partial charge in [-0.3, -0.25) is 19.3 Å². The Balaban J connectivity index is 1.57. The molecule has 2 aliphatic heterocycles. The smallest absolute Gasteiger partial charge is 0.256 e. The lowest BCUT2D eigenvalue weighted by Crippen LogP contribution is -2.60. The van der Waals surface area contributed by atoms with E-state index in [9.17, 15) is 18.8 Å². The van der Waals surface area contributed by atoms with E-state index in [0.717, 1.165) is 6.42 Å². The summed E-state index contributed by atoms with van der Waals surface area (Å²) in [6.45, 7) is 4.61. The summed E-state index contributed by atoms with van der Waals surface area (Å²) in [5.74, 6) is -1.29. The number of hydrogen-bond donors (Lipinski definition) is 1. The van der Waals surface area contributed by atoms with Crippen molar-refractivity contribution >= 4 is 29.3 Å². The molecule has 0 bridgehead atoms. The van der Waals surface area contributed by atoms with E-state index in [-0.39, 0.29) is 30.0 Å². The summed E-state index contributed by atoms with van der Waals surface area (Å²) in [6.07, 6.45) is 1.44. The number of hydrogen-bond acceptors (Lipinski definition) is 4. The molecule has 7 nitrogen and oxygen atoms in total. The van der Waals surface area contributed by atoms with Crippen molar-refractivity contribution in [1.82, 2.24) is 15.1 Å². The SMILES string of the molecule is CCC(C)NC(=O)C1COC2(CCN(C(=O)c3cccc(Cl)c3)CC2)N1C(=O)c1ccc(F)cc1. The summed E-state index contributed by atoms with van der Waals surface area (Å²) < 4.78 is 19.7. The number of benzene rings is 2. The maximum Gasteiger partial charge on any atom is 0.256 e. The fourth-order valence-electron chi connectivity index (χ4n) is 4.60. The van der Waals surface area contributed by atoms with Gasteiger partial charge in [-0.05, 0) is 55.8 Å². The molecule has 9 heteroatoms. The first kappa shape index (κ1) is 25.1. The zero-order valence-corrected chi connectivity index (χ0v) is 20.6. The van der Waals surface area contributed by atoms with Crippen molar-refractivity contribution in [3.8, 4) is 0 Å². The zero-order valence-electron chi connectivity index (χ0n) is 19.8. The number of amides is 3. The van der Waals surface area contributed by atoms with Crippen molar-refractivity contribution in [1.29, 1.82) is 0 Å². The normalized spacial score (nSPS) is 20.1. The average Bonchev–Trinajstić information content (AvgIpc) is 3.22. The van der Waals surface area contributed by atoms with Crippen molar-refractivity contribution in [2.75, 3.05) is 19.7 Å². The molecule has 0 saturated carbocycles. The number of carbonyl (C=O) groups excluding carboxylic acids is 3. The predicted octanol–water partition coefficient (Wildman–Crippen LogP) is 3.87. The number of likely N-dealkylation sites (tertiary alicyclic amines) is 1. The number of carbonyl (C=O) groups is 3. The van der Waals surface area contributed by atoms with Crippen LogP contribution >= 0.6 is 11.6 Å². The maximum absolute atomic E-state index is 13.6. The van der Waals surface area contributed by atoms with Crippen LogP contribution in [0.5, 0.6) is 0 Å². The molecular weight excluding hydrogens is 473 g/mol. The van der Waals surface area contributed by atoms with Gasteiger partial charge in [0.15, 0.2) is 0 Å². The Kier molecular flexibility index (Phi) is 7.42. The molecule has 0 radical (unpaired) electrons. The van der Waals surface area contributed by atoms with Gasteiger partial charge in [-0.1, -0.05) is 24.6 Å².